The quantitative estimate of drug-likeness (QED) is 0.322. The second-order valence-corrected chi connectivity index (χ2v) is 8.08. The number of aliphatic imine (C=N–C) groups is 1. The first-order valence-corrected chi connectivity index (χ1v) is 11.2. The summed E-state index contributed by atoms with van der Waals surface area (Å²) in [6, 6.07) is 11.9. The van der Waals surface area contributed by atoms with Gasteiger partial charge in [0.15, 0.2) is 5.96 Å². The van der Waals surface area contributed by atoms with Gasteiger partial charge < -0.3 is 24.4 Å². The Labute approximate surface area is 212 Å². The van der Waals surface area contributed by atoms with Crippen molar-refractivity contribution in [1.29, 1.82) is 0 Å². The maximum absolute atomic E-state index is 13.3. The van der Waals surface area contributed by atoms with Gasteiger partial charge in [-0.3, -0.25) is 14.7 Å². The molecular weight excluding hydrogens is 535 g/mol. The van der Waals surface area contributed by atoms with Crippen molar-refractivity contribution in [3.63, 3.8) is 0 Å². The van der Waals surface area contributed by atoms with Crippen LogP contribution in [-0.4, -0.2) is 97.8 Å². The van der Waals surface area contributed by atoms with Crippen molar-refractivity contribution in [3.8, 4) is 0 Å². The zero-order valence-electron chi connectivity index (χ0n) is 19.1. The monoisotopic (exact) mass is 568 g/mol. The lowest BCUT2D eigenvalue weighted by Crippen LogP contribution is -2.53. The van der Waals surface area contributed by atoms with Crippen molar-refractivity contribution < 1.29 is 14.1 Å². The van der Waals surface area contributed by atoms with Gasteiger partial charge in [-0.25, -0.2) is 0 Å². The number of piperazine rings is 1. The predicted molar refractivity (Wildman–Crippen MR) is 137 cm³/mol. The van der Waals surface area contributed by atoms with Crippen molar-refractivity contribution in [1.82, 2.24) is 25.2 Å². The van der Waals surface area contributed by atoms with Crippen LogP contribution in [0, 0.1) is 0 Å². The molecule has 2 aliphatic heterocycles. The van der Waals surface area contributed by atoms with E-state index in [1.165, 1.54) is 0 Å². The highest BCUT2D eigenvalue weighted by Crippen LogP contribution is 2.19. The zero-order chi connectivity index (χ0) is 22.2. The molecule has 1 atom stereocenters. The molecular formula is C23H33IN6O3. The molecule has 1 aromatic heterocycles. The lowest BCUT2D eigenvalue weighted by atomic mass is 9.97. The molecule has 0 bridgehead atoms. The van der Waals surface area contributed by atoms with Crippen LogP contribution in [-0.2, 0) is 16.1 Å². The lowest BCUT2D eigenvalue weighted by molar-refractivity contribution is -0.136. The van der Waals surface area contributed by atoms with Crippen LogP contribution in [0.4, 0.5) is 0 Å². The number of nitrogens with zero attached hydrogens (tertiary/aromatic N) is 5. The second kappa shape index (κ2) is 12.9. The van der Waals surface area contributed by atoms with E-state index in [9.17, 15) is 4.79 Å². The normalized spacial score (nSPS) is 18.5. The molecule has 2 aliphatic rings. The first kappa shape index (κ1) is 25.4. The molecule has 2 saturated heterocycles. The molecule has 0 radical (unpaired) electrons. The SMILES string of the molecule is CN=C(NCC(C(=O)N1CCOCC1)c1ccccc1)N1CCN(Cc2ccon2)CC1.I. The van der Waals surface area contributed by atoms with Crippen LogP contribution in [0.2, 0.25) is 0 Å². The highest BCUT2D eigenvalue weighted by Gasteiger charge is 2.28. The summed E-state index contributed by atoms with van der Waals surface area (Å²) in [6.07, 6.45) is 1.61. The minimum absolute atomic E-state index is 0. The van der Waals surface area contributed by atoms with Crippen LogP contribution in [0.3, 0.4) is 0 Å². The summed E-state index contributed by atoms with van der Waals surface area (Å²) >= 11 is 0. The standard InChI is InChI=1S/C23H32N6O3.HI/c1-24-23(29-10-8-27(9-11-29)18-20-7-14-32-26-20)25-17-21(19-5-3-2-4-6-19)22(30)28-12-15-31-16-13-28;/h2-7,14,21H,8-13,15-18H2,1H3,(H,24,25);1H. The summed E-state index contributed by atoms with van der Waals surface area (Å²) in [5.41, 5.74) is 1.97. The fourth-order valence-electron chi connectivity index (χ4n) is 4.23. The predicted octanol–water partition coefficient (Wildman–Crippen LogP) is 1.63. The van der Waals surface area contributed by atoms with Gasteiger partial charge in [-0.05, 0) is 5.56 Å². The van der Waals surface area contributed by atoms with Crippen LogP contribution in [0.1, 0.15) is 17.2 Å². The summed E-state index contributed by atoms with van der Waals surface area (Å²) in [5.74, 6) is 0.709. The number of hydrogen-bond donors (Lipinski definition) is 1. The maximum atomic E-state index is 13.3. The molecule has 2 aromatic rings. The van der Waals surface area contributed by atoms with Gasteiger partial charge in [-0.2, -0.15) is 0 Å². The number of morpholine rings is 1. The van der Waals surface area contributed by atoms with E-state index in [-0.39, 0.29) is 35.8 Å². The molecule has 0 saturated carbocycles. The van der Waals surface area contributed by atoms with E-state index in [2.05, 4.69) is 25.3 Å². The van der Waals surface area contributed by atoms with Gasteiger partial charge in [0.2, 0.25) is 5.91 Å². The van der Waals surface area contributed by atoms with Crippen molar-refractivity contribution in [2.45, 2.75) is 12.5 Å². The first-order chi connectivity index (χ1) is 15.7. The fraction of sp³-hybridized carbons (Fsp3) is 0.522. The Morgan fingerprint density at radius 1 is 1.06 bits per heavy atom. The minimum atomic E-state index is -0.264. The Balaban J connectivity index is 0.00000306. The smallest absolute Gasteiger partial charge is 0.232 e. The molecule has 1 N–H and O–H groups in total. The highest BCUT2D eigenvalue weighted by molar-refractivity contribution is 14.0. The number of aromatic nitrogens is 1. The van der Waals surface area contributed by atoms with Crippen LogP contribution in [0.25, 0.3) is 0 Å². The summed E-state index contributed by atoms with van der Waals surface area (Å²) < 4.78 is 10.4. The molecule has 10 heteroatoms. The first-order valence-electron chi connectivity index (χ1n) is 11.2. The third-order valence-corrected chi connectivity index (χ3v) is 6.05. The number of guanidine groups is 1. The molecule has 180 valence electrons. The van der Waals surface area contributed by atoms with E-state index >= 15 is 0 Å². The Morgan fingerprint density at radius 2 is 1.79 bits per heavy atom. The number of halogens is 1. The third-order valence-electron chi connectivity index (χ3n) is 6.05. The van der Waals surface area contributed by atoms with Crippen molar-refractivity contribution >= 4 is 35.8 Å². The van der Waals surface area contributed by atoms with Crippen molar-refractivity contribution in [2.24, 2.45) is 4.99 Å². The van der Waals surface area contributed by atoms with E-state index in [0.717, 1.165) is 49.9 Å². The van der Waals surface area contributed by atoms with Gasteiger partial charge in [0.05, 0.1) is 24.8 Å². The van der Waals surface area contributed by atoms with E-state index < -0.39 is 0 Å². The average molecular weight is 568 g/mol. The van der Waals surface area contributed by atoms with Crippen LogP contribution in [0.5, 0.6) is 0 Å². The molecule has 33 heavy (non-hydrogen) atoms. The summed E-state index contributed by atoms with van der Waals surface area (Å²) in [7, 11) is 1.80. The van der Waals surface area contributed by atoms with E-state index in [1.807, 2.05) is 41.3 Å². The van der Waals surface area contributed by atoms with E-state index in [4.69, 9.17) is 9.26 Å². The molecule has 4 rings (SSSR count). The molecule has 1 unspecified atom stereocenters. The molecule has 2 fully saturated rings. The number of amides is 1. The second-order valence-electron chi connectivity index (χ2n) is 8.08. The molecule has 3 heterocycles. The number of carbonyl (C=O) groups is 1. The van der Waals surface area contributed by atoms with Gasteiger partial charge in [0.25, 0.3) is 0 Å². The Bertz CT molecular complexity index is 866. The van der Waals surface area contributed by atoms with Gasteiger partial charge in [-0.1, -0.05) is 35.5 Å². The van der Waals surface area contributed by atoms with Crippen LogP contribution < -0.4 is 5.32 Å². The maximum Gasteiger partial charge on any atom is 0.232 e. The average Bonchev–Trinajstić information content (AvgIpc) is 3.36. The number of carbonyl (C=O) groups excluding carboxylic acids is 1. The number of nitrogens with one attached hydrogen (secondary N) is 1. The largest absolute Gasteiger partial charge is 0.378 e. The lowest BCUT2D eigenvalue weighted by Gasteiger charge is -2.37. The Morgan fingerprint density at radius 3 is 2.42 bits per heavy atom. The fourth-order valence-corrected chi connectivity index (χ4v) is 4.23. The van der Waals surface area contributed by atoms with Gasteiger partial charge in [0.1, 0.15) is 6.26 Å². The van der Waals surface area contributed by atoms with Crippen molar-refractivity contribution in [3.05, 3.63) is 53.9 Å². The number of benzene rings is 1. The summed E-state index contributed by atoms with van der Waals surface area (Å²) in [4.78, 5) is 24.3. The summed E-state index contributed by atoms with van der Waals surface area (Å²) in [5, 5.41) is 7.47. The Hall–Kier alpha value is -2.18. The van der Waals surface area contributed by atoms with Crippen LogP contribution >= 0.6 is 24.0 Å². The third kappa shape index (κ3) is 6.90. The molecule has 0 aliphatic carbocycles. The number of rotatable bonds is 6. The molecule has 0 spiro atoms. The molecule has 1 amide bonds. The summed E-state index contributed by atoms with van der Waals surface area (Å²) in [6.45, 7) is 7.35. The molecule has 1 aromatic carbocycles. The van der Waals surface area contributed by atoms with Gasteiger partial charge in [0, 0.05) is 65.5 Å². The number of hydrogen-bond acceptors (Lipinski definition) is 6. The van der Waals surface area contributed by atoms with Gasteiger partial charge in [-0.15, -0.1) is 24.0 Å². The van der Waals surface area contributed by atoms with E-state index in [1.54, 1.807) is 13.3 Å². The number of ether oxygens (including phenoxy) is 1. The van der Waals surface area contributed by atoms with Gasteiger partial charge >= 0.3 is 0 Å². The van der Waals surface area contributed by atoms with E-state index in [0.29, 0.717) is 32.8 Å². The van der Waals surface area contributed by atoms with Crippen LogP contribution in [0.15, 0.2) is 52.2 Å². The zero-order valence-corrected chi connectivity index (χ0v) is 21.4. The minimum Gasteiger partial charge on any atom is -0.378 e. The van der Waals surface area contributed by atoms with Crippen molar-refractivity contribution in [2.75, 3.05) is 66.1 Å². The molecule has 9 nitrogen and oxygen atoms in total. The topological polar surface area (TPSA) is 86.4 Å². The highest BCUT2D eigenvalue weighted by atomic mass is 127. The Kier molecular flexibility index (Phi) is 9.95.